The highest BCUT2D eigenvalue weighted by atomic mass is 16.5. The number of carbonyl (C=O) groups is 2. The molecule has 120 valence electrons. The SMILES string of the molecule is CCOC1(C(=O)N2CCC(C(=O)O)(C(C)C)C2)CCCC1. The Labute approximate surface area is 126 Å². The van der Waals surface area contributed by atoms with Crippen LogP contribution in [0.4, 0.5) is 0 Å². The first-order valence-corrected chi connectivity index (χ1v) is 8.05. The minimum absolute atomic E-state index is 0.00521. The molecule has 0 bridgehead atoms. The van der Waals surface area contributed by atoms with Crippen molar-refractivity contribution in [2.75, 3.05) is 19.7 Å². The molecular formula is C16H27NO4. The molecule has 1 aliphatic carbocycles. The molecule has 2 fully saturated rings. The first-order valence-electron chi connectivity index (χ1n) is 8.05. The Morgan fingerprint density at radius 2 is 1.86 bits per heavy atom. The van der Waals surface area contributed by atoms with Gasteiger partial charge in [-0.2, -0.15) is 0 Å². The van der Waals surface area contributed by atoms with Crippen LogP contribution in [0, 0.1) is 11.3 Å². The lowest BCUT2D eigenvalue weighted by atomic mass is 9.76. The number of carboxylic acids is 1. The van der Waals surface area contributed by atoms with E-state index in [0.717, 1.165) is 25.7 Å². The third-order valence-electron chi connectivity index (χ3n) is 5.34. The summed E-state index contributed by atoms with van der Waals surface area (Å²) in [5.41, 5.74) is -1.50. The van der Waals surface area contributed by atoms with Crippen LogP contribution < -0.4 is 0 Å². The highest BCUT2D eigenvalue weighted by Gasteiger charge is 2.52. The topological polar surface area (TPSA) is 66.8 Å². The van der Waals surface area contributed by atoms with Crippen molar-refractivity contribution in [3.05, 3.63) is 0 Å². The fourth-order valence-corrected chi connectivity index (χ4v) is 3.83. The zero-order valence-electron chi connectivity index (χ0n) is 13.4. The molecule has 0 aromatic heterocycles. The lowest BCUT2D eigenvalue weighted by Crippen LogP contribution is -2.50. The van der Waals surface area contributed by atoms with Gasteiger partial charge in [0.1, 0.15) is 5.60 Å². The average molecular weight is 297 g/mol. The van der Waals surface area contributed by atoms with E-state index in [1.54, 1.807) is 4.90 Å². The fraction of sp³-hybridized carbons (Fsp3) is 0.875. The summed E-state index contributed by atoms with van der Waals surface area (Å²) in [6.45, 7) is 7.12. The van der Waals surface area contributed by atoms with Gasteiger partial charge in [-0.05, 0) is 44.9 Å². The van der Waals surface area contributed by atoms with Gasteiger partial charge >= 0.3 is 5.97 Å². The molecule has 1 unspecified atom stereocenters. The monoisotopic (exact) mass is 297 g/mol. The second kappa shape index (κ2) is 5.95. The maximum absolute atomic E-state index is 12.9. The lowest BCUT2D eigenvalue weighted by molar-refractivity contribution is -0.158. The molecule has 1 N–H and O–H groups in total. The molecule has 2 aliphatic rings. The highest BCUT2D eigenvalue weighted by molar-refractivity contribution is 5.87. The van der Waals surface area contributed by atoms with Crippen molar-refractivity contribution >= 4 is 11.9 Å². The maximum atomic E-state index is 12.9. The summed E-state index contributed by atoms with van der Waals surface area (Å²) < 4.78 is 5.82. The average Bonchev–Trinajstić information content (AvgIpc) is 3.06. The Kier molecular flexibility index (Phi) is 4.61. The van der Waals surface area contributed by atoms with Gasteiger partial charge in [-0.1, -0.05) is 13.8 Å². The van der Waals surface area contributed by atoms with E-state index in [1.807, 2.05) is 20.8 Å². The molecule has 5 nitrogen and oxygen atoms in total. The predicted molar refractivity (Wildman–Crippen MR) is 78.9 cm³/mol. The number of rotatable bonds is 5. The largest absolute Gasteiger partial charge is 0.481 e. The van der Waals surface area contributed by atoms with Crippen LogP contribution in [-0.4, -0.2) is 47.2 Å². The molecule has 21 heavy (non-hydrogen) atoms. The number of nitrogens with zero attached hydrogens (tertiary/aromatic N) is 1. The van der Waals surface area contributed by atoms with Gasteiger partial charge in [0.25, 0.3) is 5.91 Å². The molecule has 1 saturated carbocycles. The molecule has 2 rings (SSSR count). The third kappa shape index (κ3) is 2.68. The van der Waals surface area contributed by atoms with Crippen LogP contribution in [0.15, 0.2) is 0 Å². The Morgan fingerprint density at radius 1 is 1.24 bits per heavy atom. The van der Waals surface area contributed by atoms with Crippen molar-refractivity contribution in [1.82, 2.24) is 4.90 Å². The van der Waals surface area contributed by atoms with Crippen molar-refractivity contribution in [2.24, 2.45) is 11.3 Å². The van der Waals surface area contributed by atoms with Gasteiger partial charge in [0, 0.05) is 19.7 Å². The molecule has 5 heteroatoms. The molecule has 1 aliphatic heterocycles. The molecule has 1 heterocycles. The zero-order chi connectivity index (χ0) is 15.7. The van der Waals surface area contributed by atoms with Gasteiger partial charge in [0.15, 0.2) is 0 Å². The number of hydrogen-bond acceptors (Lipinski definition) is 3. The number of amides is 1. The predicted octanol–water partition coefficient (Wildman–Crippen LogP) is 2.29. The zero-order valence-corrected chi connectivity index (χ0v) is 13.4. The van der Waals surface area contributed by atoms with Gasteiger partial charge in [-0.3, -0.25) is 9.59 Å². The first kappa shape index (κ1) is 16.3. The smallest absolute Gasteiger partial charge is 0.311 e. The van der Waals surface area contributed by atoms with E-state index in [0.29, 0.717) is 26.1 Å². The second-order valence-electron chi connectivity index (χ2n) is 6.73. The summed E-state index contributed by atoms with van der Waals surface area (Å²) in [7, 11) is 0. The van der Waals surface area contributed by atoms with Crippen molar-refractivity contribution < 1.29 is 19.4 Å². The minimum atomic E-state index is -0.804. The van der Waals surface area contributed by atoms with Crippen LogP contribution in [0.5, 0.6) is 0 Å². The quantitative estimate of drug-likeness (QED) is 0.845. The summed E-state index contributed by atoms with van der Waals surface area (Å²) in [6, 6.07) is 0. The van der Waals surface area contributed by atoms with E-state index in [9.17, 15) is 14.7 Å². The van der Waals surface area contributed by atoms with Crippen molar-refractivity contribution in [3.8, 4) is 0 Å². The molecule has 0 radical (unpaired) electrons. The van der Waals surface area contributed by atoms with E-state index < -0.39 is 17.0 Å². The van der Waals surface area contributed by atoms with Crippen LogP contribution in [0.3, 0.4) is 0 Å². The van der Waals surface area contributed by atoms with Gasteiger partial charge < -0.3 is 14.7 Å². The van der Waals surface area contributed by atoms with Gasteiger partial charge in [0.2, 0.25) is 0 Å². The van der Waals surface area contributed by atoms with Crippen molar-refractivity contribution in [1.29, 1.82) is 0 Å². The summed E-state index contributed by atoms with van der Waals surface area (Å²) in [6.07, 6.45) is 4.07. The standard InChI is InChI=1S/C16H27NO4/c1-4-21-16(7-5-6-8-16)13(18)17-10-9-15(11-17,12(2)3)14(19)20/h12H,4-11H2,1-3H3,(H,19,20). The lowest BCUT2D eigenvalue weighted by Gasteiger charge is -2.34. The number of likely N-dealkylation sites (tertiary alicyclic amines) is 1. The minimum Gasteiger partial charge on any atom is -0.481 e. The number of hydrogen-bond donors (Lipinski definition) is 1. The van der Waals surface area contributed by atoms with Gasteiger partial charge in [0.05, 0.1) is 5.41 Å². The summed E-state index contributed by atoms with van der Waals surface area (Å²) >= 11 is 0. The Hall–Kier alpha value is -1.10. The van der Waals surface area contributed by atoms with Crippen LogP contribution in [0.25, 0.3) is 0 Å². The van der Waals surface area contributed by atoms with E-state index in [4.69, 9.17) is 4.74 Å². The van der Waals surface area contributed by atoms with Gasteiger partial charge in [-0.25, -0.2) is 0 Å². The first-order chi connectivity index (χ1) is 9.88. The Bertz CT molecular complexity index is 415. The number of carboxylic acid groups (broad SMARTS) is 1. The van der Waals surface area contributed by atoms with E-state index in [1.165, 1.54) is 0 Å². The highest BCUT2D eigenvalue weighted by Crippen LogP contribution is 2.41. The Balaban J connectivity index is 2.16. The van der Waals surface area contributed by atoms with Crippen molar-refractivity contribution in [2.45, 2.75) is 58.5 Å². The number of carbonyl (C=O) groups excluding carboxylic acids is 1. The molecule has 0 aromatic rings. The van der Waals surface area contributed by atoms with Gasteiger partial charge in [-0.15, -0.1) is 0 Å². The van der Waals surface area contributed by atoms with E-state index >= 15 is 0 Å². The van der Waals surface area contributed by atoms with E-state index in [-0.39, 0.29) is 11.8 Å². The summed E-state index contributed by atoms with van der Waals surface area (Å²) in [4.78, 5) is 26.3. The van der Waals surface area contributed by atoms with E-state index in [2.05, 4.69) is 0 Å². The summed E-state index contributed by atoms with van der Waals surface area (Å²) in [5.74, 6) is -0.769. The molecule has 1 saturated heterocycles. The number of aliphatic carboxylic acids is 1. The van der Waals surface area contributed by atoms with Crippen LogP contribution in [0.2, 0.25) is 0 Å². The summed E-state index contributed by atoms with van der Waals surface area (Å²) in [5, 5.41) is 9.60. The maximum Gasteiger partial charge on any atom is 0.311 e. The molecule has 1 amide bonds. The van der Waals surface area contributed by atoms with Crippen molar-refractivity contribution in [3.63, 3.8) is 0 Å². The van der Waals surface area contributed by atoms with Crippen LogP contribution >= 0.6 is 0 Å². The molecule has 0 aromatic carbocycles. The molecular weight excluding hydrogens is 270 g/mol. The normalized spacial score (nSPS) is 28.3. The molecule has 1 atom stereocenters. The molecule has 0 spiro atoms. The van der Waals surface area contributed by atoms with Crippen LogP contribution in [-0.2, 0) is 14.3 Å². The Morgan fingerprint density at radius 3 is 2.29 bits per heavy atom. The van der Waals surface area contributed by atoms with Crippen LogP contribution in [0.1, 0.15) is 52.9 Å². The fourth-order valence-electron chi connectivity index (χ4n) is 3.83. The number of ether oxygens (including phenoxy) is 1. The second-order valence-corrected chi connectivity index (χ2v) is 6.73. The third-order valence-corrected chi connectivity index (χ3v) is 5.34.